The zero-order valence-corrected chi connectivity index (χ0v) is 20.6. The summed E-state index contributed by atoms with van der Waals surface area (Å²) in [5, 5.41) is 0.998. The van der Waals surface area contributed by atoms with Crippen molar-refractivity contribution in [2.45, 2.75) is 31.1 Å². The van der Waals surface area contributed by atoms with Crippen LogP contribution in [0, 0.1) is 0 Å². The minimum atomic E-state index is -0.102. The largest absolute Gasteiger partial charge is 0.494 e. The van der Waals surface area contributed by atoms with E-state index < -0.39 is 0 Å². The highest BCUT2D eigenvalue weighted by Gasteiger charge is 2.20. The summed E-state index contributed by atoms with van der Waals surface area (Å²) < 4.78 is 5.90. The minimum absolute atomic E-state index is 0.102. The molecule has 0 radical (unpaired) electrons. The lowest BCUT2D eigenvalue weighted by atomic mass is 10.1. The van der Waals surface area contributed by atoms with E-state index in [1.807, 2.05) is 24.3 Å². The highest BCUT2D eigenvalue weighted by atomic mass is 32.2. The molecule has 0 atom stereocenters. The van der Waals surface area contributed by atoms with Crippen molar-refractivity contribution in [3.63, 3.8) is 0 Å². The van der Waals surface area contributed by atoms with Crippen molar-refractivity contribution in [3.8, 4) is 5.75 Å². The van der Waals surface area contributed by atoms with Crippen molar-refractivity contribution >= 4 is 34.6 Å². The summed E-state index contributed by atoms with van der Waals surface area (Å²) in [6.45, 7) is 7.76. The predicted molar refractivity (Wildman–Crippen MR) is 141 cm³/mol. The number of hydrogen-bond donors (Lipinski definition) is 1. The van der Waals surface area contributed by atoms with Gasteiger partial charge in [-0.1, -0.05) is 13.0 Å². The molecule has 3 aromatic rings. The van der Waals surface area contributed by atoms with Gasteiger partial charge in [-0.05, 0) is 67.3 Å². The SMILES string of the molecule is CCCSc1cccc(N2CCN(CCCCOc3ccc4ccc(=O)[nH]c4c3)CC2)c1C=O. The van der Waals surface area contributed by atoms with E-state index in [-0.39, 0.29) is 5.56 Å². The van der Waals surface area contributed by atoms with Crippen LogP contribution in [-0.4, -0.2) is 61.3 Å². The number of nitrogens with one attached hydrogen (secondary N) is 1. The molecule has 180 valence electrons. The third-order valence-corrected chi connectivity index (χ3v) is 7.45. The number of carbonyl (C=O) groups excluding carboxylic acids is 1. The molecule has 7 heteroatoms. The highest BCUT2D eigenvalue weighted by Crippen LogP contribution is 2.30. The number of aromatic nitrogens is 1. The number of aromatic amines is 1. The van der Waals surface area contributed by atoms with E-state index >= 15 is 0 Å². The van der Waals surface area contributed by atoms with Crippen LogP contribution in [0.2, 0.25) is 0 Å². The molecule has 1 aliphatic heterocycles. The maximum absolute atomic E-state index is 11.8. The van der Waals surface area contributed by atoms with Gasteiger partial charge in [0.15, 0.2) is 6.29 Å². The van der Waals surface area contributed by atoms with Crippen LogP contribution in [0.5, 0.6) is 5.75 Å². The van der Waals surface area contributed by atoms with Crippen LogP contribution in [0.3, 0.4) is 0 Å². The standard InChI is InChI=1S/C27H33N3O3S/c1-2-18-34-26-7-5-6-25(23(26)20-31)30-15-13-29(14-16-30)12-3-4-17-33-22-10-8-21-9-11-27(32)28-24(21)19-22/h5-11,19-20H,2-4,12-18H2,1H3,(H,28,32). The first kappa shape index (κ1) is 24.4. The third-order valence-electron chi connectivity index (χ3n) is 6.17. The topological polar surface area (TPSA) is 65.6 Å². The highest BCUT2D eigenvalue weighted by molar-refractivity contribution is 7.99. The van der Waals surface area contributed by atoms with Crippen molar-refractivity contribution in [3.05, 3.63) is 64.4 Å². The minimum Gasteiger partial charge on any atom is -0.494 e. The smallest absolute Gasteiger partial charge is 0.248 e. The molecule has 34 heavy (non-hydrogen) atoms. The second kappa shape index (κ2) is 12.1. The number of anilines is 1. The van der Waals surface area contributed by atoms with E-state index in [1.165, 1.54) is 6.07 Å². The van der Waals surface area contributed by atoms with Crippen LogP contribution < -0.4 is 15.2 Å². The molecule has 1 fully saturated rings. The molecule has 6 nitrogen and oxygen atoms in total. The Kier molecular flexibility index (Phi) is 8.66. The van der Waals surface area contributed by atoms with Gasteiger partial charge in [-0.2, -0.15) is 0 Å². The summed E-state index contributed by atoms with van der Waals surface area (Å²) in [5.74, 6) is 1.82. The predicted octanol–water partition coefficient (Wildman–Crippen LogP) is 4.82. The van der Waals surface area contributed by atoms with Gasteiger partial charge in [-0.15, -0.1) is 11.8 Å². The third kappa shape index (κ3) is 6.21. The number of fused-ring (bicyclic) bond motifs is 1. The van der Waals surface area contributed by atoms with Crippen molar-refractivity contribution in [1.29, 1.82) is 0 Å². The van der Waals surface area contributed by atoms with Gasteiger partial charge in [-0.25, -0.2) is 0 Å². The number of benzene rings is 2. The molecular formula is C27H33N3O3S. The van der Waals surface area contributed by atoms with Gasteiger partial charge in [0.1, 0.15) is 5.75 Å². The van der Waals surface area contributed by atoms with E-state index in [1.54, 1.807) is 11.8 Å². The summed E-state index contributed by atoms with van der Waals surface area (Å²) in [5.41, 5.74) is 2.61. The van der Waals surface area contributed by atoms with Crippen LogP contribution in [-0.2, 0) is 0 Å². The summed E-state index contributed by atoms with van der Waals surface area (Å²) >= 11 is 1.77. The van der Waals surface area contributed by atoms with Gasteiger partial charge in [0.25, 0.3) is 0 Å². The van der Waals surface area contributed by atoms with Gasteiger partial charge in [0.05, 0.1) is 17.7 Å². The van der Waals surface area contributed by atoms with Crippen molar-refractivity contribution < 1.29 is 9.53 Å². The molecule has 4 rings (SSSR count). The molecule has 1 N–H and O–H groups in total. The average Bonchev–Trinajstić information content (AvgIpc) is 2.87. The lowest BCUT2D eigenvalue weighted by Crippen LogP contribution is -2.47. The Morgan fingerprint density at radius 1 is 1.06 bits per heavy atom. The number of nitrogens with zero attached hydrogens (tertiary/aromatic N) is 2. The summed E-state index contributed by atoms with van der Waals surface area (Å²) in [6.07, 6.45) is 4.18. The zero-order valence-electron chi connectivity index (χ0n) is 19.8. The van der Waals surface area contributed by atoms with Gasteiger partial charge in [0, 0.05) is 48.9 Å². The molecular weight excluding hydrogens is 446 g/mol. The van der Waals surface area contributed by atoms with Crippen molar-refractivity contribution in [2.24, 2.45) is 0 Å². The first-order valence-electron chi connectivity index (χ1n) is 12.1. The molecule has 0 amide bonds. The number of pyridine rings is 1. The average molecular weight is 480 g/mol. The van der Waals surface area contributed by atoms with E-state index in [2.05, 4.69) is 39.9 Å². The number of H-pyrrole nitrogens is 1. The Balaban J connectivity index is 1.20. The first-order chi connectivity index (χ1) is 16.7. The molecule has 1 saturated heterocycles. The molecule has 1 aromatic heterocycles. The summed E-state index contributed by atoms with van der Waals surface area (Å²) in [7, 11) is 0. The fraction of sp³-hybridized carbons (Fsp3) is 0.407. The summed E-state index contributed by atoms with van der Waals surface area (Å²) in [4.78, 5) is 32.1. The second-order valence-electron chi connectivity index (χ2n) is 8.61. The van der Waals surface area contributed by atoms with Gasteiger partial charge < -0.3 is 14.6 Å². The number of carbonyl (C=O) groups is 1. The number of ether oxygens (including phenoxy) is 1. The first-order valence-corrected chi connectivity index (χ1v) is 13.1. The van der Waals surface area contributed by atoms with E-state index in [4.69, 9.17) is 4.74 Å². The van der Waals surface area contributed by atoms with Crippen LogP contribution >= 0.6 is 11.8 Å². The monoisotopic (exact) mass is 479 g/mol. The Morgan fingerprint density at radius 3 is 2.68 bits per heavy atom. The molecule has 2 heterocycles. The number of thioether (sulfide) groups is 1. The van der Waals surface area contributed by atoms with Crippen molar-refractivity contribution in [2.75, 3.05) is 50.0 Å². The Bertz CT molecular complexity index is 1160. The molecule has 1 aliphatic rings. The van der Waals surface area contributed by atoms with Crippen LogP contribution in [0.25, 0.3) is 10.9 Å². The zero-order chi connectivity index (χ0) is 23.8. The molecule has 0 bridgehead atoms. The number of piperazine rings is 1. The van der Waals surface area contributed by atoms with Crippen molar-refractivity contribution in [1.82, 2.24) is 9.88 Å². The van der Waals surface area contributed by atoms with Crippen LogP contribution in [0.4, 0.5) is 5.69 Å². The number of rotatable bonds is 11. The van der Waals surface area contributed by atoms with E-state index in [9.17, 15) is 9.59 Å². The van der Waals surface area contributed by atoms with Gasteiger partial charge in [-0.3, -0.25) is 14.5 Å². The lowest BCUT2D eigenvalue weighted by Gasteiger charge is -2.37. The molecule has 2 aromatic carbocycles. The van der Waals surface area contributed by atoms with Crippen LogP contribution in [0.1, 0.15) is 36.5 Å². The Hall–Kier alpha value is -2.77. The van der Waals surface area contributed by atoms with E-state index in [0.29, 0.717) is 6.61 Å². The summed E-state index contributed by atoms with van der Waals surface area (Å²) in [6, 6.07) is 15.4. The van der Waals surface area contributed by atoms with Gasteiger partial charge in [0.2, 0.25) is 5.56 Å². The normalized spacial score (nSPS) is 14.4. The van der Waals surface area contributed by atoms with Gasteiger partial charge >= 0.3 is 0 Å². The number of unbranched alkanes of at least 4 members (excludes halogenated alkanes) is 1. The lowest BCUT2D eigenvalue weighted by molar-refractivity contribution is 0.112. The second-order valence-corrected chi connectivity index (χ2v) is 9.75. The van der Waals surface area contributed by atoms with Crippen LogP contribution in [0.15, 0.2) is 58.2 Å². The molecule has 0 spiro atoms. The number of hydrogen-bond acceptors (Lipinski definition) is 6. The molecule has 0 unspecified atom stereocenters. The van der Waals surface area contributed by atoms with E-state index in [0.717, 1.165) is 96.8 Å². The fourth-order valence-corrected chi connectivity index (χ4v) is 5.23. The number of aldehydes is 1. The maximum Gasteiger partial charge on any atom is 0.248 e. The maximum atomic E-state index is 11.8. The molecule has 0 aliphatic carbocycles. The Morgan fingerprint density at radius 2 is 1.88 bits per heavy atom. The fourth-order valence-electron chi connectivity index (χ4n) is 4.32. The molecule has 0 saturated carbocycles. The Labute approximate surface area is 205 Å². The quantitative estimate of drug-likeness (QED) is 0.242.